The molecule has 0 aliphatic rings. The average Bonchev–Trinajstić information content (AvgIpc) is 2.78. The Bertz CT molecular complexity index is 593. The predicted octanol–water partition coefficient (Wildman–Crippen LogP) is 1.74. The number of carboxylic acids is 1. The van der Waals surface area contributed by atoms with Crippen molar-refractivity contribution in [1.29, 1.82) is 0 Å². The van der Waals surface area contributed by atoms with Gasteiger partial charge in [0.2, 0.25) is 0 Å². The van der Waals surface area contributed by atoms with E-state index in [4.69, 9.17) is 9.84 Å². The predicted molar refractivity (Wildman–Crippen MR) is 70.5 cm³/mol. The summed E-state index contributed by atoms with van der Waals surface area (Å²) in [5, 5.41) is 16.0. The first kappa shape index (κ1) is 12.9. The molecule has 0 radical (unpaired) electrons. The number of benzene rings is 1. The van der Waals surface area contributed by atoms with E-state index in [1.54, 1.807) is 20.4 Å². The number of hydrogen-bond acceptors (Lipinski definition) is 4. The number of ether oxygens (including phenoxy) is 1. The van der Waals surface area contributed by atoms with Crippen LogP contribution in [0.15, 0.2) is 30.5 Å². The summed E-state index contributed by atoms with van der Waals surface area (Å²) in [6, 6.07) is 7.57. The van der Waals surface area contributed by atoms with Crippen LogP contribution in [-0.4, -0.2) is 28.0 Å². The van der Waals surface area contributed by atoms with E-state index in [0.29, 0.717) is 12.2 Å². The molecule has 0 amide bonds. The second kappa shape index (κ2) is 5.43. The van der Waals surface area contributed by atoms with Crippen LogP contribution in [0.1, 0.15) is 16.1 Å². The van der Waals surface area contributed by atoms with Crippen LogP contribution < -0.4 is 10.1 Å². The maximum absolute atomic E-state index is 11.0. The van der Waals surface area contributed by atoms with Crippen molar-refractivity contribution in [3.63, 3.8) is 0 Å². The van der Waals surface area contributed by atoms with Gasteiger partial charge in [-0.05, 0) is 17.7 Å². The SMILES string of the molecule is COc1cccc(CNc2cn(C)nc2C(=O)O)c1. The normalized spacial score (nSPS) is 10.2. The Kier molecular flexibility index (Phi) is 3.70. The molecular weight excluding hydrogens is 246 g/mol. The van der Waals surface area contributed by atoms with Crippen LogP contribution in [-0.2, 0) is 13.6 Å². The molecule has 0 atom stereocenters. The number of methoxy groups -OCH3 is 1. The Labute approximate surface area is 110 Å². The molecule has 0 spiro atoms. The summed E-state index contributed by atoms with van der Waals surface area (Å²) in [6.45, 7) is 0.503. The van der Waals surface area contributed by atoms with E-state index in [2.05, 4.69) is 10.4 Å². The molecule has 0 unspecified atom stereocenters. The lowest BCUT2D eigenvalue weighted by Gasteiger charge is -2.06. The van der Waals surface area contributed by atoms with Crippen molar-refractivity contribution in [1.82, 2.24) is 9.78 Å². The Balaban J connectivity index is 2.11. The zero-order valence-electron chi connectivity index (χ0n) is 10.8. The third-order valence-electron chi connectivity index (χ3n) is 2.65. The lowest BCUT2D eigenvalue weighted by Crippen LogP contribution is -2.05. The van der Waals surface area contributed by atoms with Gasteiger partial charge in [-0.15, -0.1) is 0 Å². The van der Waals surface area contributed by atoms with Gasteiger partial charge >= 0.3 is 5.97 Å². The smallest absolute Gasteiger partial charge is 0.358 e. The van der Waals surface area contributed by atoms with Crippen molar-refractivity contribution in [3.8, 4) is 5.75 Å². The van der Waals surface area contributed by atoms with E-state index >= 15 is 0 Å². The van der Waals surface area contributed by atoms with E-state index in [-0.39, 0.29) is 5.69 Å². The third kappa shape index (κ3) is 3.04. The van der Waals surface area contributed by atoms with Gasteiger partial charge in [0.05, 0.1) is 12.8 Å². The molecule has 1 aromatic carbocycles. The third-order valence-corrected chi connectivity index (χ3v) is 2.65. The molecule has 6 nitrogen and oxygen atoms in total. The number of anilines is 1. The standard InChI is InChI=1S/C13H15N3O3/c1-16-8-11(12(15-16)13(17)18)14-7-9-4-3-5-10(6-9)19-2/h3-6,8,14H,7H2,1-2H3,(H,17,18). The Morgan fingerprint density at radius 1 is 1.53 bits per heavy atom. The van der Waals surface area contributed by atoms with E-state index < -0.39 is 5.97 Å². The van der Waals surface area contributed by atoms with Crippen LogP contribution in [0.5, 0.6) is 5.75 Å². The number of aromatic carboxylic acids is 1. The quantitative estimate of drug-likeness (QED) is 0.857. The van der Waals surface area contributed by atoms with Gasteiger partial charge in [0.1, 0.15) is 5.75 Å². The zero-order valence-corrected chi connectivity index (χ0v) is 10.8. The fraction of sp³-hybridized carbons (Fsp3) is 0.231. The highest BCUT2D eigenvalue weighted by Crippen LogP contribution is 2.17. The van der Waals surface area contributed by atoms with Crippen LogP contribution in [0.3, 0.4) is 0 Å². The average molecular weight is 261 g/mol. The fourth-order valence-corrected chi connectivity index (χ4v) is 1.76. The summed E-state index contributed by atoms with van der Waals surface area (Å²) in [5.74, 6) is -0.280. The number of hydrogen-bond donors (Lipinski definition) is 2. The van der Waals surface area contributed by atoms with Gasteiger partial charge in [0.15, 0.2) is 5.69 Å². The highest BCUT2D eigenvalue weighted by molar-refractivity contribution is 5.91. The molecule has 6 heteroatoms. The van der Waals surface area contributed by atoms with Crippen LogP contribution in [0, 0.1) is 0 Å². The number of carbonyl (C=O) groups is 1. The minimum atomic E-state index is -1.05. The topological polar surface area (TPSA) is 76.4 Å². The summed E-state index contributed by atoms with van der Waals surface area (Å²) in [5.41, 5.74) is 1.52. The second-order valence-corrected chi connectivity index (χ2v) is 4.08. The number of nitrogens with zero attached hydrogens (tertiary/aromatic N) is 2. The van der Waals surface area contributed by atoms with Gasteiger partial charge in [-0.2, -0.15) is 5.10 Å². The first-order chi connectivity index (χ1) is 9.10. The summed E-state index contributed by atoms with van der Waals surface area (Å²) >= 11 is 0. The summed E-state index contributed by atoms with van der Waals surface area (Å²) in [7, 11) is 3.29. The molecule has 0 fully saturated rings. The van der Waals surface area contributed by atoms with E-state index in [0.717, 1.165) is 11.3 Å². The summed E-state index contributed by atoms with van der Waals surface area (Å²) in [6.07, 6.45) is 1.64. The molecule has 0 bridgehead atoms. The van der Waals surface area contributed by atoms with Crippen molar-refractivity contribution >= 4 is 11.7 Å². The maximum atomic E-state index is 11.0. The number of rotatable bonds is 5. The number of aryl methyl sites for hydroxylation is 1. The first-order valence-electron chi connectivity index (χ1n) is 5.74. The molecule has 1 aromatic heterocycles. The largest absolute Gasteiger partial charge is 0.497 e. The van der Waals surface area contributed by atoms with Gasteiger partial charge in [-0.1, -0.05) is 12.1 Å². The van der Waals surface area contributed by atoms with Crippen molar-refractivity contribution in [2.75, 3.05) is 12.4 Å². The van der Waals surface area contributed by atoms with Crippen LogP contribution in [0.4, 0.5) is 5.69 Å². The van der Waals surface area contributed by atoms with Gasteiger partial charge in [0.25, 0.3) is 0 Å². The van der Waals surface area contributed by atoms with Crippen LogP contribution >= 0.6 is 0 Å². The molecule has 2 N–H and O–H groups in total. The number of nitrogens with one attached hydrogen (secondary N) is 1. The van der Waals surface area contributed by atoms with Gasteiger partial charge in [-0.25, -0.2) is 4.79 Å². The van der Waals surface area contributed by atoms with Gasteiger partial charge in [0, 0.05) is 19.8 Å². The lowest BCUT2D eigenvalue weighted by molar-refractivity contribution is 0.0690. The van der Waals surface area contributed by atoms with E-state index in [1.165, 1.54) is 4.68 Å². The molecule has 100 valence electrons. The molecule has 0 aliphatic carbocycles. The minimum Gasteiger partial charge on any atom is -0.497 e. The Morgan fingerprint density at radius 3 is 3.00 bits per heavy atom. The van der Waals surface area contributed by atoms with Crippen LogP contribution in [0.2, 0.25) is 0 Å². The molecule has 0 aliphatic heterocycles. The number of aromatic nitrogens is 2. The molecule has 2 aromatic rings. The first-order valence-corrected chi connectivity index (χ1v) is 5.74. The summed E-state index contributed by atoms with van der Waals surface area (Å²) in [4.78, 5) is 11.0. The highest BCUT2D eigenvalue weighted by Gasteiger charge is 2.14. The second-order valence-electron chi connectivity index (χ2n) is 4.08. The van der Waals surface area contributed by atoms with Crippen molar-refractivity contribution in [3.05, 3.63) is 41.7 Å². The van der Waals surface area contributed by atoms with E-state index in [1.807, 2.05) is 24.3 Å². The lowest BCUT2D eigenvalue weighted by atomic mass is 10.2. The van der Waals surface area contributed by atoms with Crippen molar-refractivity contribution < 1.29 is 14.6 Å². The van der Waals surface area contributed by atoms with Crippen LogP contribution in [0.25, 0.3) is 0 Å². The minimum absolute atomic E-state index is 0.0189. The molecule has 19 heavy (non-hydrogen) atoms. The van der Waals surface area contributed by atoms with Crippen molar-refractivity contribution in [2.24, 2.45) is 7.05 Å². The molecule has 0 saturated heterocycles. The van der Waals surface area contributed by atoms with E-state index in [9.17, 15) is 4.79 Å². The zero-order chi connectivity index (χ0) is 13.8. The highest BCUT2D eigenvalue weighted by atomic mass is 16.5. The van der Waals surface area contributed by atoms with Gasteiger partial charge in [-0.3, -0.25) is 4.68 Å². The molecule has 0 saturated carbocycles. The monoisotopic (exact) mass is 261 g/mol. The molecular formula is C13H15N3O3. The van der Waals surface area contributed by atoms with Gasteiger partial charge < -0.3 is 15.2 Å². The summed E-state index contributed by atoms with van der Waals surface area (Å²) < 4.78 is 6.60. The Hall–Kier alpha value is -2.50. The fourth-order valence-electron chi connectivity index (χ4n) is 1.76. The maximum Gasteiger partial charge on any atom is 0.358 e. The Morgan fingerprint density at radius 2 is 2.32 bits per heavy atom. The van der Waals surface area contributed by atoms with Crippen molar-refractivity contribution in [2.45, 2.75) is 6.54 Å². The number of carboxylic acid groups (broad SMARTS) is 1. The molecule has 2 rings (SSSR count). The molecule has 1 heterocycles.